The van der Waals surface area contributed by atoms with Gasteiger partial charge < -0.3 is 10.0 Å². The van der Waals surface area contributed by atoms with E-state index in [-0.39, 0.29) is 11.1 Å². The second kappa shape index (κ2) is 8.80. The Kier molecular flexibility index (Phi) is 5.82. The highest BCUT2D eigenvalue weighted by Gasteiger charge is 2.50. The van der Waals surface area contributed by atoms with Crippen LogP contribution in [0.5, 0.6) is 0 Å². The lowest BCUT2D eigenvalue weighted by atomic mass is 9.69. The summed E-state index contributed by atoms with van der Waals surface area (Å²) in [6, 6.07) is 20.2. The lowest BCUT2D eigenvalue weighted by Crippen LogP contribution is -2.54. The van der Waals surface area contributed by atoms with Crippen LogP contribution in [0.2, 0.25) is 0 Å². The fraction of sp³-hybridized carbons (Fsp3) is 0.370. The first kappa shape index (κ1) is 22.5. The number of aromatic nitrogens is 2. The van der Waals surface area contributed by atoms with Crippen molar-refractivity contribution in [1.29, 1.82) is 5.26 Å². The van der Waals surface area contributed by atoms with Gasteiger partial charge in [0.2, 0.25) is 0 Å². The zero-order chi connectivity index (χ0) is 23.8. The molecule has 1 aliphatic heterocycles. The van der Waals surface area contributed by atoms with E-state index in [1.165, 1.54) is 5.56 Å². The van der Waals surface area contributed by atoms with Gasteiger partial charge in [-0.3, -0.25) is 10.2 Å². The van der Waals surface area contributed by atoms with Gasteiger partial charge in [0.25, 0.3) is 0 Å². The molecule has 1 saturated carbocycles. The Balaban J connectivity index is 1.32. The van der Waals surface area contributed by atoms with Crippen LogP contribution in [-0.4, -0.2) is 52.5 Å². The SMILES string of the molecule is CN(C)C1(c2ccccc2)CCC2(CC1)CN(c1cnc(-c3cccc(C#N)c3)nc1)C(O)N2. The van der Waals surface area contributed by atoms with Gasteiger partial charge in [-0.2, -0.15) is 5.26 Å². The molecular formula is C27H30N6O. The molecular weight excluding hydrogens is 424 g/mol. The monoisotopic (exact) mass is 454 g/mol. The Morgan fingerprint density at radius 2 is 1.74 bits per heavy atom. The van der Waals surface area contributed by atoms with Crippen LogP contribution in [0.15, 0.2) is 67.0 Å². The number of nitriles is 1. The predicted molar refractivity (Wildman–Crippen MR) is 132 cm³/mol. The molecule has 2 aliphatic rings. The Labute approximate surface area is 200 Å². The summed E-state index contributed by atoms with van der Waals surface area (Å²) in [6.45, 7) is 0.707. The Morgan fingerprint density at radius 3 is 2.38 bits per heavy atom. The van der Waals surface area contributed by atoms with Crippen LogP contribution in [0.25, 0.3) is 11.4 Å². The standard InChI is InChI=1S/C27H30N6O/c1-32(2)27(22-9-4-3-5-10-22)13-11-26(12-14-27)19-33(25(34)31-26)23-17-29-24(30-18-23)21-8-6-7-20(15-21)16-28/h3-10,15,17-18,25,31,34H,11-14,19H2,1-2H3. The van der Waals surface area contributed by atoms with E-state index >= 15 is 0 Å². The predicted octanol–water partition coefficient (Wildman–Crippen LogP) is 3.47. The number of nitrogens with one attached hydrogen (secondary N) is 1. The van der Waals surface area contributed by atoms with E-state index in [4.69, 9.17) is 5.26 Å². The molecule has 2 N–H and O–H groups in total. The number of aliphatic hydroxyl groups is 1. The van der Waals surface area contributed by atoms with Gasteiger partial charge in [0, 0.05) is 23.2 Å². The highest BCUT2D eigenvalue weighted by atomic mass is 16.3. The van der Waals surface area contributed by atoms with Crippen LogP contribution in [0.4, 0.5) is 5.69 Å². The third-order valence-corrected chi connectivity index (χ3v) is 7.62. The number of nitrogens with zero attached hydrogens (tertiary/aromatic N) is 5. The van der Waals surface area contributed by atoms with Gasteiger partial charge in [0.05, 0.1) is 29.7 Å². The fourth-order valence-corrected chi connectivity index (χ4v) is 5.58. The van der Waals surface area contributed by atoms with E-state index in [1.54, 1.807) is 24.5 Å². The van der Waals surface area contributed by atoms with Gasteiger partial charge in [-0.25, -0.2) is 9.97 Å². The second-order valence-corrected chi connectivity index (χ2v) is 9.68. The quantitative estimate of drug-likeness (QED) is 0.624. The van der Waals surface area contributed by atoms with Crippen molar-refractivity contribution >= 4 is 5.69 Å². The maximum atomic E-state index is 10.9. The molecule has 7 nitrogen and oxygen atoms in total. The van der Waals surface area contributed by atoms with Gasteiger partial charge in [0.1, 0.15) is 0 Å². The van der Waals surface area contributed by atoms with Crippen LogP contribution < -0.4 is 10.2 Å². The first-order valence-electron chi connectivity index (χ1n) is 11.7. The summed E-state index contributed by atoms with van der Waals surface area (Å²) < 4.78 is 0. The Morgan fingerprint density at radius 1 is 1.03 bits per heavy atom. The van der Waals surface area contributed by atoms with Gasteiger partial charge >= 0.3 is 0 Å². The molecule has 1 saturated heterocycles. The number of hydrogen-bond donors (Lipinski definition) is 2. The Hall–Kier alpha value is -3.31. The van der Waals surface area contributed by atoms with Gasteiger partial charge in [0.15, 0.2) is 12.2 Å². The molecule has 2 aromatic carbocycles. The van der Waals surface area contributed by atoms with Crippen molar-refractivity contribution in [1.82, 2.24) is 20.2 Å². The van der Waals surface area contributed by atoms with Gasteiger partial charge in [-0.05, 0) is 57.5 Å². The second-order valence-electron chi connectivity index (χ2n) is 9.68. The molecule has 2 heterocycles. The van der Waals surface area contributed by atoms with Crippen LogP contribution in [0.1, 0.15) is 36.8 Å². The molecule has 1 aromatic heterocycles. The van der Waals surface area contributed by atoms with Crippen molar-refractivity contribution in [2.75, 3.05) is 25.5 Å². The topological polar surface area (TPSA) is 88.3 Å². The smallest absolute Gasteiger partial charge is 0.184 e. The van der Waals surface area contributed by atoms with Crippen LogP contribution >= 0.6 is 0 Å². The van der Waals surface area contributed by atoms with Gasteiger partial charge in [-0.15, -0.1) is 0 Å². The fourth-order valence-electron chi connectivity index (χ4n) is 5.58. The van der Waals surface area contributed by atoms with Crippen molar-refractivity contribution in [2.24, 2.45) is 0 Å². The molecule has 1 aliphatic carbocycles. The summed E-state index contributed by atoms with van der Waals surface area (Å²) in [6.07, 6.45) is 6.69. The van der Waals surface area contributed by atoms with E-state index < -0.39 is 6.35 Å². The summed E-state index contributed by atoms with van der Waals surface area (Å²) in [5.41, 5.74) is 3.38. The van der Waals surface area contributed by atoms with Crippen molar-refractivity contribution in [3.8, 4) is 17.5 Å². The molecule has 0 amide bonds. The lowest BCUT2D eigenvalue weighted by Gasteiger charge is -2.49. The van der Waals surface area contributed by atoms with Crippen molar-refractivity contribution < 1.29 is 5.11 Å². The Bertz CT molecular complexity index is 1180. The number of aliphatic hydroxyl groups excluding tert-OH is 1. The molecule has 5 rings (SSSR count). The third-order valence-electron chi connectivity index (χ3n) is 7.62. The van der Waals surface area contributed by atoms with Gasteiger partial charge in [-0.1, -0.05) is 42.5 Å². The minimum absolute atomic E-state index is 0.00921. The average Bonchev–Trinajstić information content (AvgIpc) is 3.20. The average molecular weight is 455 g/mol. The largest absolute Gasteiger partial charge is 0.361 e. The zero-order valence-electron chi connectivity index (χ0n) is 19.6. The lowest BCUT2D eigenvalue weighted by molar-refractivity contribution is 0.0513. The molecule has 7 heteroatoms. The van der Waals surface area contributed by atoms with Crippen molar-refractivity contribution in [3.05, 3.63) is 78.1 Å². The minimum atomic E-state index is -0.778. The molecule has 0 bridgehead atoms. The van der Waals surface area contributed by atoms with Crippen molar-refractivity contribution in [2.45, 2.75) is 43.1 Å². The molecule has 3 aromatic rings. The molecule has 34 heavy (non-hydrogen) atoms. The first-order valence-corrected chi connectivity index (χ1v) is 11.7. The van der Waals surface area contributed by atoms with Crippen LogP contribution in [0, 0.1) is 11.3 Å². The van der Waals surface area contributed by atoms with E-state index in [9.17, 15) is 5.11 Å². The summed E-state index contributed by atoms with van der Waals surface area (Å²) in [7, 11) is 4.33. The molecule has 0 radical (unpaired) electrons. The van der Waals surface area contributed by atoms with E-state index in [1.807, 2.05) is 17.0 Å². The molecule has 1 atom stereocenters. The minimum Gasteiger partial charge on any atom is -0.361 e. The highest BCUT2D eigenvalue weighted by Crippen LogP contribution is 2.46. The normalized spacial score (nSPS) is 26.7. The van der Waals surface area contributed by atoms with Crippen LogP contribution in [-0.2, 0) is 5.54 Å². The molecule has 2 fully saturated rings. The van der Waals surface area contributed by atoms with Crippen molar-refractivity contribution in [3.63, 3.8) is 0 Å². The zero-order valence-corrected chi connectivity index (χ0v) is 19.6. The number of rotatable bonds is 4. The van der Waals surface area contributed by atoms with E-state index in [2.05, 4.69) is 70.7 Å². The number of anilines is 1. The summed E-state index contributed by atoms with van der Waals surface area (Å²) in [5.74, 6) is 0.563. The van der Waals surface area contributed by atoms with Crippen LogP contribution in [0.3, 0.4) is 0 Å². The maximum absolute atomic E-state index is 10.9. The first-order chi connectivity index (χ1) is 16.4. The van der Waals surface area contributed by atoms with E-state index in [0.29, 0.717) is 17.9 Å². The third kappa shape index (κ3) is 3.94. The summed E-state index contributed by atoms with van der Waals surface area (Å²) in [5, 5.41) is 23.5. The van der Waals surface area contributed by atoms with E-state index in [0.717, 1.165) is 36.9 Å². The maximum Gasteiger partial charge on any atom is 0.184 e. The summed E-state index contributed by atoms with van der Waals surface area (Å²) in [4.78, 5) is 13.3. The highest BCUT2D eigenvalue weighted by molar-refractivity contribution is 5.59. The molecule has 1 unspecified atom stereocenters. The molecule has 1 spiro atoms. The number of benzene rings is 2. The summed E-state index contributed by atoms with van der Waals surface area (Å²) >= 11 is 0. The molecule has 174 valence electrons. The number of hydrogen-bond acceptors (Lipinski definition) is 7.